The van der Waals surface area contributed by atoms with Crippen molar-refractivity contribution in [2.75, 3.05) is 0 Å². The largest absolute Gasteiger partial charge is 0.300 e. The third kappa shape index (κ3) is 3.85. The molecule has 114 valence electrons. The molecule has 0 aromatic heterocycles. The monoisotopic (exact) mass is 292 g/mol. The highest BCUT2D eigenvalue weighted by atomic mass is 16.1. The molecule has 1 nitrogen and oxygen atoms in total. The summed E-state index contributed by atoms with van der Waals surface area (Å²) in [5, 5.41) is 0. The van der Waals surface area contributed by atoms with Gasteiger partial charge >= 0.3 is 0 Å². The Morgan fingerprint density at radius 3 is 1.82 bits per heavy atom. The van der Waals surface area contributed by atoms with Crippen molar-refractivity contribution in [3.05, 3.63) is 71.8 Å². The highest BCUT2D eigenvalue weighted by Gasteiger charge is 2.33. The van der Waals surface area contributed by atoms with Gasteiger partial charge < -0.3 is 0 Å². The van der Waals surface area contributed by atoms with Crippen molar-refractivity contribution in [3.63, 3.8) is 0 Å². The van der Waals surface area contributed by atoms with E-state index in [4.69, 9.17) is 0 Å². The van der Waals surface area contributed by atoms with Crippen molar-refractivity contribution in [3.8, 4) is 0 Å². The van der Waals surface area contributed by atoms with E-state index in [1.54, 1.807) is 0 Å². The topological polar surface area (TPSA) is 17.1 Å². The summed E-state index contributed by atoms with van der Waals surface area (Å²) >= 11 is 0. The van der Waals surface area contributed by atoms with Gasteiger partial charge in [-0.1, -0.05) is 60.7 Å². The van der Waals surface area contributed by atoms with Crippen LogP contribution in [0.4, 0.5) is 0 Å². The number of carbonyl (C=O) groups excluding carboxylic acids is 1. The van der Waals surface area contributed by atoms with Crippen LogP contribution in [0, 0.1) is 5.41 Å². The minimum atomic E-state index is 0.231. The Labute approximate surface area is 133 Å². The number of hydrogen-bond acceptors (Lipinski definition) is 1. The predicted octanol–water partition coefficient (Wildman–Crippen LogP) is 4.99. The molecule has 0 atom stereocenters. The zero-order valence-corrected chi connectivity index (χ0v) is 13.1. The number of hydrogen-bond donors (Lipinski definition) is 0. The van der Waals surface area contributed by atoms with Gasteiger partial charge in [0.15, 0.2) is 0 Å². The van der Waals surface area contributed by atoms with Crippen molar-refractivity contribution < 1.29 is 4.79 Å². The van der Waals surface area contributed by atoms with Gasteiger partial charge in [0.05, 0.1) is 0 Å². The van der Waals surface area contributed by atoms with E-state index in [1.165, 1.54) is 11.1 Å². The lowest BCUT2D eigenvalue weighted by molar-refractivity contribution is -0.119. The summed E-state index contributed by atoms with van der Waals surface area (Å²) in [5.74, 6) is 0.447. The Balaban J connectivity index is 1.85. The Morgan fingerprint density at radius 2 is 1.27 bits per heavy atom. The van der Waals surface area contributed by atoms with E-state index >= 15 is 0 Å². The molecule has 0 saturated heterocycles. The van der Waals surface area contributed by atoms with Gasteiger partial charge in [-0.2, -0.15) is 0 Å². The molecule has 0 aliphatic heterocycles. The van der Waals surface area contributed by atoms with Gasteiger partial charge in [-0.3, -0.25) is 4.79 Å². The maximum atomic E-state index is 11.9. The number of benzene rings is 2. The zero-order chi connectivity index (χ0) is 15.3. The van der Waals surface area contributed by atoms with Gasteiger partial charge in [0, 0.05) is 12.8 Å². The summed E-state index contributed by atoms with van der Waals surface area (Å²) < 4.78 is 0. The predicted molar refractivity (Wildman–Crippen MR) is 90.8 cm³/mol. The molecule has 2 aromatic rings. The maximum absolute atomic E-state index is 11.9. The summed E-state index contributed by atoms with van der Waals surface area (Å²) in [7, 11) is 0. The molecule has 0 bridgehead atoms. The molecule has 1 aliphatic rings. The Morgan fingerprint density at radius 1 is 0.727 bits per heavy atom. The summed E-state index contributed by atoms with van der Waals surface area (Å²) in [5.41, 5.74) is 3.02. The van der Waals surface area contributed by atoms with Gasteiger partial charge in [-0.05, 0) is 48.6 Å². The first-order chi connectivity index (χ1) is 10.8. The fourth-order valence-electron chi connectivity index (χ4n) is 3.79. The quantitative estimate of drug-likeness (QED) is 0.725. The van der Waals surface area contributed by atoms with Crippen LogP contribution in [0.25, 0.3) is 0 Å². The SMILES string of the molecule is O=C1CCCC(Cc2ccccc2)(Cc2ccccc2)CC1. The van der Waals surface area contributed by atoms with E-state index in [-0.39, 0.29) is 5.41 Å². The van der Waals surface area contributed by atoms with E-state index in [2.05, 4.69) is 60.7 Å². The van der Waals surface area contributed by atoms with Crippen molar-refractivity contribution in [1.29, 1.82) is 0 Å². The van der Waals surface area contributed by atoms with Gasteiger partial charge in [0.1, 0.15) is 5.78 Å². The second-order valence-corrected chi connectivity index (χ2v) is 6.72. The Bertz CT molecular complexity index is 559. The minimum Gasteiger partial charge on any atom is -0.300 e. The fraction of sp³-hybridized carbons (Fsp3) is 0.381. The average molecular weight is 292 g/mol. The third-order valence-electron chi connectivity index (χ3n) is 4.94. The van der Waals surface area contributed by atoms with Gasteiger partial charge in [-0.15, -0.1) is 0 Å². The maximum Gasteiger partial charge on any atom is 0.132 e. The van der Waals surface area contributed by atoms with E-state index in [0.29, 0.717) is 5.78 Å². The van der Waals surface area contributed by atoms with Crippen molar-refractivity contribution in [2.24, 2.45) is 5.41 Å². The number of Topliss-reactive ketones (excluding diaryl/α,β-unsaturated/α-hetero) is 1. The van der Waals surface area contributed by atoms with Crippen LogP contribution < -0.4 is 0 Å². The highest BCUT2D eigenvalue weighted by molar-refractivity contribution is 5.78. The van der Waals surface area contributed by atoms with Gasteiger partial charge in [0.25, 0.3) is 0 Å². The molecule has 1 aliphatic carbocycles. The molecular weight excluding hydrogens is 268 g/mol. The first-order valence-electron chi connectivity index (χ1n) is 8.35. The summed E-state index contributed by atoms with van der Waals surface area (Å²) in [6.45, 7) is 0. The van der Waals surface area contributed by atoms with Gasteiger partial charge in [-0.25, -0.2) is 0 Å². The van der Waals surface area contributed by atoms with E-state index < -0.39 is 0 Å². The van der Waals surface area contributed by atoms with E-state index in [9.17, 15) is 4.79 Å². The Kier molecular flexibility index (Phi) is 4.72. The number of rotatable bonds is 4. The van der Waals surface area contributed by atoms with Crippen molar-refractivity contribution >= 4 is 5.78 Å². The smallest absolute Gasteiger partial charge is 0.132 e. The van der Waals surface area contributed by atoms with Crippen LogP contribution in [0.1, 0.15) is 43.2 Å². The standard InChI is InChI=1S/C21H24O/c22-20-12-7-14-21(15-13-20,16-18-8-3-1-4-9-18)17-19-10-5-2-6-11-19/h1-6,8-11H,7,12-17H2. The molecule has 0 radical (unpaired) electrons. The van der Waals surface area contributed by atoms with Crippen molar-refractivity contribution in [1.82, 2.24) is 0 Å². The highest BCUT2D eigenvalue weighted by Crippen LogP contribution is 2.40. The summed E-state index contributed by atoms with van der Waals surface area (Å²) in [6.07, 6.45) is 6.90. The first-order valence-corrected chi connectivity index (χ1v) is 8.35. The van der Waals surface area contributed by atoms with Gasteiger partial charge in [0.2, 0.25) is 0 Å². The number of carbonyl (C=O) groups is 1. The van der Waals surface area contributed by atoms with Crippen molar-refractivity contribution in [2.45, 2.75) is 44.9 Å². The fourth-order valence-corrected chi connectivity index (χ4v) is 3.79. The lowest BCUT2D eigenvalue weighted by Crippen LogP contribution is -2.26. The molecule has 2 aromatic carbocycles. The third-order valence-corrected chi connectivity index (χ3v) is 4.94. The summed E-state index contributed by atoms with van der Waals surface area (Å²) in [4.78, 5) is 11.9. The molecule has 1 heteroatoms. The average Bonchev–Trinajstić information content (AvgIpc) is 2.72. The molecule has 0 spiro atoms. The zero-order valence-electron chi connectivity index (χ0n) is 13.1. The van der Waals surface area contributed by atoms with Crippen LogP contribution in [0.5, 0.6) is 0 Å². The van der Waals surface area contributed by atoms with Crippen LogP contribution in [0.2, 0.25) is 0 Å². The lowest BCUT2D eigenvalue weighted by atomic mass is 9.71. The molecule has 22 heavy (non-hydrogen) atoms. The van der Waals surface area contributed by atoms with Crippen LogP contribution in [0.3, 0.4) is 0 Å². The normalized spacial score (nSPS) is 17.9. The molecule has 0 amide bonds. The molecule has 1 saturated carbocycles. The lowest BCUT2D eigenvalue weighted by Gasteiger charge is -2.33. The molecule has 3 rings (SSSR count). The second kappa shape index (κ2) is 6.91. The molecule has 0 unspecified atom stereocenters. The molecule has 1 fully saturated rings. The van der Waals surface area contributed by atoms with Crippen LogP contribution in [-0.2, 0) is 17.6 Å². The molecular formula is C21H24O. The first kappa shape index (κ1) is 15.0. The van der Waals surface area contributed by atoms with Crippen LogP contribution in [0.15, 0.2) is 60.7 Å². The van der Waals surface area contributed by atoms with Crippen LogP contribution >= 0.6 is 0 Å². The summed E-state index contributed by atoms with van der Waals surface area (Å²) in [6, 6.07) is 21.5. The van der Waals surface area contributed by atoms with E-state index in [0.717, 1.165) is 44.9 Å². The minimum absolute atomic E-state index is 0.231. The van der Waals surface area contributed by atoms with Crippen LogP contribution in [-0.4, -0.2) is 5.78 Å². The molecule has 0 heterocycles. The second-order valence-electron chi connectivity index (χ2n) is 6.72. The van der Waals surface area contributed by atoms with E-state index in [1.807, 2.05) is 0 Å². The Hall–Kier alpha value is -1.89. The number of ketones is 1. The molecule has 0 N–H and O–H groups in total.